The maximum Gasteiger partial charge on any atom is 0.227 e. The number of Topliss-reactive ketones (excluding diaryl/α,β-unsaturated/α-hetero) is 1. The third-order valence-electron chi connectivity index (χ3n) is 2.44. The van der Waals surface area contributed by atoms with E-state index in [1.165, 1.54) is 0 Å². The van der Waals surface area contributed by atoms with Gasteiger partial charge in [-0.1, -0.05) is 28.9 Å². The Morgan fingerprint density at radius 3 is 2.94 bits per heavy atom. The van der Waals surface area contributed by atoms with Crippen molar-refractivity contribution in [3.05, 3.63) is 35.7 Å². The summed E-state index contributed by atoms with van der Waals surface area (Å²) in [7, 11) is 0. The topological polar surface area (TPSA) is 56.0 Å². The number of ketones is 1. The molecule has 1 aromatic carbocycles. The van der Waals surface area contributed by atoms with Crippen LogP contribution in [0, 0.1) is 6.92 Å². The quantitative estimate of drug-likeness (QED) is 0.810. The van der Waals surface area contributed by atoms with Gasteiger partial charge in [0.2, 0.25) is 11.7 Å². The zero-order valence-corrected chi connectivity index (χ0v) is 9.93. The Bertz CT molecular complexity index is 532. The predicted octanol–water partition coefficient (Wildman–Crippen LogP) is 2.57. The van der Waals surface area contributed by atoms with Crippen LogP contribution in [0.5, 0.6) is 0 Å². The molecule has 2 rings (SSSR count). The lowest BCUT2D eigenvalue weighted by Crippen LogP contribution is -1.94. The van der Waals surface area contributed by atoms with E-state index in [4.69, 9.17) is 4.52 Å². The summed E-state index contributed by atoms with van der Waals surface area (Å²) in [5, 5.41) is 3.91. The molecule has 0 spiro atoms. The monoisotopic (exact) mass is 230 g/mol. The fourth-order valence-electron chi connectivity index (χ4n) is 1.54. The normalized spacial score (nSPS) is 10.5. The summed E-state index contributed by atoms with van der Waals surface area (Å²) < 4.78 is 5.10. The molecule has 0 fully saturated rings. The summed E-state index contributed by atoms with van der Waals surface area (Å²) in [6.07, 6.45) is 0.948. The first-order valence-electron chi connectivity index (χ1n) is 5.54. The lowest BCUT2D eigenvalue weighted by Gasteiger charge is -1.95. The van der Waals surface area contributed by atoms with Crippen LogP contribution >= 0.6 is 0 Å². The summed E-state index contributed by atoms with van der Waals surface area (Å²) in [5.74, 6) is 1.21. The average Bonchev–Trinajstić information content (AvgIpc) is 2.75. The SMILES string of the molecule is CC(=O)CCc1nc(-c2cccc(C)c2)no1. The molecule has 0 amide bonds. The highest BCUT2D eigenvalue weighted by Crippen LogP contribution is 2.17. The van der Waals surface area contributed by atoms with Crippen molar-refractivity contribution in [1.82, 2.24) is 10.1 Å². The minimum absolute atomic E-state index is 0.125. The molecule has 4 heteroatoms. The van der Waals surface area contributed by atoms with Crippen molar-refractivity contribution >= 4 is 5.78 Å². The Hall–Kier alpha value is -1.97. The van der Waals surface area contributed by atoms with Gasteiger partial charge in [-0.25, -0.2) is 0 Å². The number of aromatic nitrogens is 2. The zero-order valence-electron chi connectivity index (χ0n) is 9.93. The van der Waals surface area contributed by atoms with Gasteiger partial charge in [-0.15, -0.1) is 0 Å². The number of carbonyl (C=O) groups excluding carboxylic acids is 1. The van der Waals surface area contributed by atoms with E-state index < -0.39 is 0 Å². The molecule has 0 aliphatic carbocycles. The van der Waals surface area contributed by atoms with Crippen LogP contribution in [0.4, 0.5) is 0 Å². The fourth-order valence-corrected chi connectivity index (χ4v) is 1.54. The Labute approximate surface area is 99.7 Å². The minimum atomic E-state index is 0.125. The number of aryl methyl sites for hydroxylation is 2. The molecule has 4 nitrogen and oxygen atoms in total. The van der Waals surface area contributed by atoms with Crippen molar-refractivity contribution in [1.29, 1.82) is 0 Å². The van der Waals surface area contributed by atoms with Crippen LogP contribution in [0.1, 0.15) is 24.8 Å². The van der Waals surface area contributed by atoms with Crippen LogP contribution in [0.3, 0.4) is 0 Å². The minimum Gasteiger partial charge on any atom is -0.339 e. The number of hydrogen-bond acceptors (Lipinski definition) is 4. The van der Waals surface area contributed by atoms with Crippen molar-refractivity contribution in [2.75, 3.05) is 0 Å². The van der Waals surface area contributed by atoms with Crippen molar-refractivity contribution < 1.29 is 9.32 Å². The van der Waals surface area contributed by atoms with Crippen LogP contribution in [0.2, 0.25) is 0 Å². The second kappa shape index (κ2) is 4.91. The third kappa shape index (κ3) is 3.00. The van der Waals surface area contributed by atoms with Crippen LogP contribution in [-0.2, 0) is 11.2 Å². The molecule has 0 saturated heterocycles. The highest BCUT2D eigenvalue weighted by Gasteiger charge is 2.09. The number of carbonyl (C=O) groups is 1. The highest BCUT2D eigenvalue weighted by atomic mass is 16.5. The molecule has 0 aliphatic heterocycles. The van der Waals surface area contributed by atoms with Gasteiger partial charge in [0.15, 0.2) is 0 Å². The Morgan fingerprint density at radius 1 is 1.41 bits per heavy atom. The molecule has 0 N–H and O–H groups in total. The molecule has 0 atom stereocenters. The number of benzene rings is 1. The van der Waals surface area contributed by atoms with E-state index in [0.29, 0.717) is 24.6 Å². The standard InChI is InChI=1S/C13H14N2O2/c1-9-4-3-5-11(8-9)13-14-12(17-15-13)7-6-10(2)16/h3-5,8H,6-7H2,1-2H3. The molecule has 17 heavy (non-hydrogen) atoms. The second-order valence-electron chi connectivity index (χ2n) is 4.08. The van der Waals surface area contributed by atoms with Gasteiger partial charge in [0, 0.05) is 18.4 Å². The van der Waals surface area contributed by atoms with E-state index in [-0.39, 0.29) is 5.78 Å². The third-order valence-corrected chi connectivity index (χ3v) is 2.44. The van der Waals surface area contributed by atoms with E-state index in [9.17, 15) is 4.79 Å². The Morgan fingerprint density at radius 2 is 2.24 bits per heavy atom. The number of nitrogens with zero attached hydrogens (tertiary/aromatic N) is 2. The average molecular weight is 230 g/mol. The molecular weight excluding hydrogens is 216 g/mol. The number of rotatable bonds is 4. The molecule has 0 unspecified atom stereocenters. The molecule has 0 radical (unpaired) electrons. The highest BCUT2D eigenvalue weighted by molar-refractivity contribution is 5.75. The van der Waals surface area contributed by atoms with Crippen molar-refractivity contribution in [3.63, 3.8) is 0 Å². The second-order valence-corrected chi connectivity index (χ2v) is 4.08. The summed E-state index contributed by atoms with van der Waals surface area (Å²) >= 11 is 0. The van der Waals surface area contributed by atoms with E-state index in [1.54, 1.807) is 6.92 Å². The smallest absolute Gasteiger partial charge is 0.227 e. The van der Waals surface area contributed by atoms with Gasteiger partial charge in [-0.3, -0.25) is 0 Å². The van der Waals surface area contributed by atoms with Crippen LogP contribution in [-0.4, -0.2) is 15.9 Å². The van der Waals surface area contributed by atoms with E-state index in [2.05, 4.69) is 10.1 Å². The van der Waals surface area contributed by atoms with Crippen molar-refractivity contribution in [2.45, 2.75) is 26.7 Å². The van der Waals surface area contributed by atoms with Crippen LogP contribution in [0.15, 0.2) is 28.8 Å². The van der Waals surface area contributed by atoms with Gasteiger partial charge in [-0.2, -0.15) is 4.98 Å². The first-order chi connectivity index (χ1) is 8.15. The zero-order chi connectivity index (χ0) is 12.3. The van der Waals surface area contributed by atoms with E-state index in [0.717, 1.165) is 11.1 Å². The van der Waals surface area contributed by atoms with E-state index in [1.807, 2.05) is 31.2 Å². The van der Waals surface area contributed by atoms with Gasteiger partial charge in [0.05, 0.1) is 0 Å². The Kier molecular flexibility index (Phi) is 3.32. The maximum atomic E-state index is 10.8. The van der Waals surface area contributed by atoms with Crippen molar-refractivity contribution in [3.8, 4) is 11.4 Å². The first kappa shape index (κ1) is 11.5. The van der Waals surface area contributed by atoms with E-state index >= 15 is 0 Å². The lowest BCUT2D eigenvalue weighted by molar-refractivity contribution is -0.117. The molecule has 1 aromatic heterocycles. The van der Waals surface area contributed by atoms with Gasteiger partial charge in [-0.05, 0) is 19.9 Å². The van der Waals surface area contributed by atoms with Gasteiger partial charge in [0.25, 0.3) is 0 Å². The molecule has 0 aliphatic rings. The van der Waals surface area contributed by atoms with Crippen LogP contribution in [0.25, 0.3) is 11.4 Å². The summed E-state index contributed by atoms with van der Waals surface area (Å²) in [4.78, 5) is 15.1. The molecule has 0 bridgehead atoms. The Balaban J connectivity index is 2.15. The van der Waals surface area contributed by atoms with Gasteiger partial charge >= 0.3 is 0 Å². The molecule has 1 heterocycles. The number of hydrogen-bond donors (Lipinski definition) is 0. The summed E-state index contributed by atoms with van der Waals surface area (Å²) in [6, 6.07) is 7.91. The predicted molar refractivity (Wildman–Crippen MR) is 63.5 cm³/mol. The lowest BCUT2D eigenvalue weighted by atomic mass is 10.1. The summed E-state index contributed by atoms with van der Waals surface area (Å²) in [6.45, 7) is 3.57. The van der Waals surface area contributed by atoms with Crippen LogP contribution < -0.4 is 0 Å². The molecule has 88 valence electrons. The molecule has 0 saturated carbocycles. The molecular formula is C13H14N2O2. The van der Waals surface area contributed by atoms with Crippen molar-refractivity contribution in [2.24, 2.45) is 0 Å². The van der Waals surface area contributed by atoms with Gasteiger partial charge < -0.3 is 9.32 Å². The maximum absolute atomic E-state index is 10.8. The van der Waals surface area contributed by atoms with Gasteiger partial charge in [0.1, 0.15) is 5.78 Å². The largest absolute Gasteiger partial charge is 0.339 e. The summed E-state index contributed by atoms with van der Waals surface area (Å²) in [5.41, 5.74) is 2.08. The fraction of sp³-hybridized carbons (Fsp3) is 0.308. The molecule has 2 aromatic rings. The first-order valence-corrected chi connectivity index (χ1v) is 5.54.